The molecule has 1 N–H and O–H groups in total. The van der Waals surface area contributed by atoms with Crippen LogP contribution in [0.3, 0.4) is 0 Å². The van der Waals surface area contributed by atoms with Crippen molar-refractivity contribution in [2.75, 3.05) is 12.4 Å². The molecule has 7 nitrogen and oxygen atoms in total. The largest absolute Gasteiger partial charge is 0.437 e. The van der Waals surface area contributed by atoms with Crippen LogP contribution in [-0.2, 0) is 0 Å². The Labute approximate surface area is 119 Å². The third kappa shape index (κ3) is 2.77. The van der Waals surface area contributed by atoms with E-state index in [-0.39, 0.29) is 22.3 Å². The lowest BCUT2D eigenvalue weighted by atomic mass is 10.3. The Bertz CT molecular complexity index is 663. The van der Waals surface area contributed by atoms with Gasteiger partial charge in [-0.05, 0) is 13.0 Å². The summed E-state index contributed by atoms with van der Waals surface area (Å²) in [5.74, 6) is 1.06. The van der Waals surface area contributed by atoms with E-state index >= 15 is 0 Å². The summed E-state index contributed by atoms with van der Waals surface area (Å²) in [6, 6.07) is 3.97. The molecule has 0 fully saturated rings. The first-order chi connectivity index (χ1) is 9.52. The van der Waals surface area contributed by atoms with E-state index in [2.05, 4.69) is 15.3 Å². The number of hydrogen-bond donors (Lipinski definition) is 1. The van der Waals surface area contributed by atoms with Crippen molar-refractivity contribution < 1.29 is 9.66 Å². The van der Waals surface area contributed by atoms with Gasteiger partial charge in [0.25, 0.3) is 5.69 Å². The Balaban J connectivity index is 2.39. The molecule has 0 aliphatic carbocycles. The van der Waals surface area contributed by atoms with Crippen molar-refractivity contribution in [3.63, 3.8) is 0 Å². The Kier molecular flexibility index (Phi) is 3.99. The minimum Gasteiger partial charge on any atom is -0.437 e. The van der Waals surface area contributed by atoms with Gasteiger partial charge >= 0.3 is 0 Å². The van der Waals surface area contributed by atoms with E-state index in [1.54, 1.807) is 14.0 Å². The second kappa shape index (κ2) is 5.70. The van der Waals surface area contributed by atoms with E-state index < -0.39 is 4.92 Å². The second-order valence-electron chi connectivity index (χ2n) is 3.88. The quantitative estimate of drug-likeness (QED) is 0.688. The zero-order valence-corrected chi connectivity index (χ0v) is 11.5. The van der Waals surface area contributed by atoms with Gasteiger partial charge in [-0.25, -0.2) is 9.97 Å². The SMILES string of the molecule is CNc1ncnc(Oc2cc([N+](=O)[O-])ccc2Cl)c1C. The molecular weight excluding hydrogens is 284 g/mol. The maximum absolute atomic E-state index is 10.8. The lowest BCUT2D eigenvalue weighted by Crippen LogP contribution is -2.00. The van der Waals surface area contributed by atoms with Crippen LogP contribution in [0.2, 0.25) is 5.02 Å². The summed E-state index contributed by atoms with van der Waals surface area (Å²) < 4.78 is 5.55. The Morgan fingerprint density at radius 3 is 2.80 bits per heavy atom. The summed E-state index contributed by atoms with van der Waals surface area (Å²) in [4.78, 5) is 18.3. The molecule has 2 aromatic rings. The van der Waals surface area contributed by atoms with Crippen molar-refractivity contribution in [1.29, 1.82) is 0 Å². The number of nitro groups is 1. The first kappa shape index (κ1) is 14.0. The molecule has 0 saturated carbocycles. The molecule has 0 aliphatic rings. The number of nitro benzene ring substituents is 1. The number of nitrogens with one attached hydrogen (secondary N) is 1. The number of hydrogen-bond acceptors (Lipinski definition) is 6. The maximum Gasteiger partial charge on any atom is 0.273 e. The standard InChI is InChI=1S/C12H11ClN4O3/c1-7-11(14-2)15-6-16-12(7)20-10-5-8(17(18)19)3-4-9(10)13/h3-6H,1-2H3,(H,14,15,16). The van der Waals surface area contributed by atoms with E-state index in [1.165, 1.54) is 24.5 Å². The molecule has 8 heteroatoms. The normalized spacial score (nSPS) is 10.2. The zero-order chi connectivity index (χ0) is 14.7. The molecule has 0 amide bonds. The lowest BCUT2D eigenvalue weighted by molar-refractivity contribution is -0.384. The van der Waals surface area contributed by atoms with Gasteiger partial charge in [0.1, 0.15) is 12.1 Å². The van der Waals surface area contributed by atoms with Gasteiger partial charge < -0.3 is 10.1 Å². The van der Waals surface area contributed by atoms with Gasteiger partial charge in [0, 0.05) is 13.1 Å². The number of rotatable bonds is 4. The molecule has 0 aliphatic heterocycles. The Hall–Kier alpha value is -2.41. The van der Waals surface area contributed by atoms with Gasteiger partial charge in [-0.1, -0.05) is 11.6 Å². The van der Waals surface area contributed by atoms with E-state index in [9.17, 15) is 10.1 Å². The van der Waals surface area contributed by atoms with Crippen LogP contribution >= 0.6 is 11.6 Å². The smallest absolute Gasteiger partial charge is 0.273 e. The van der Waals surface area contributed by atoms with Crippen molar-refractivity contribution >= 4 is 23.1 Å². The van der Waals surface area contributed by atoms with Gasteiger partial charge in [0.05, 0.1) is 21.6 Å². The molecule has 2 rings (SSSR count). The maximum atomic E-state index is 10.8. The van der Waals surface area contributed by atoms with Crippen molar-refractivity contribution in [1.82, 2.24) is 9.97 Å². The van der Waals surface area contributed by atoms with E-state index in [4.69, 9.17) is 16.3 Å². The molecule has 0 bridgehead atoms. The number of aromatic nitrogens is 2. The van der Waals surface area contributed by atoms with E-state index in [1.807, 2.05) is 0 Å². The predicted octanol–water partition coefficient (Wildman–Crippen LogP) is 3.18. The monoisotopic (exact) mass is 294 g/mol. The summed E-state index contributed by atoms with van der Waals surface area (Å²) in [5, 5.41) is 13.9. The van der Waals surface area contributed by atoms with Crippen molar-refractivity contribution in [2.45, 2.75) is 6.92 Å². The summed E-state index contributed by atoms with van der Waals surface area (Å²) >= 11 is 5.97. The van der Waals surface area contributed by atoms with Gasteiger partial charge in [-0.2, -0.15) is 0 Å². The van der Waals surface area contributed by atoms with Gasteiger partial charge in [0.2, 0.25) is 5.88 Å². The topological polar surface area (TPSA) is 90.2 Å². The van der Waals surface area contributed by atoms with Crippen LogP contribution in [-0.4, -0.2) is 21.9 Å². The number of anilines is 1. The van der Waals surface area contributed by atoms with Crippen LogP contribution in [0, 0.1) is 17.0 Å². The second-order valence-corrected chi connectivity index (χ2v) is 4.28. The molecule has 1 aromatic heterocycles. The molecule has 1 heterocycles. The average Bonchev–Trinajstić information content (AvgIpc) is 2.43. The van der Waals surface area contributed by atoms with E-state index in [0.717, 1.165) is 0 Å². The molecule has 104 valence electrons. The van der Waals surface area contributed by atoms with Gasteiger partial charge in [-0.3, -0.25) is 10.1 Å². The van der Waals surface area contributed by atoms with Crippen molar-refractivity contribution in [2.24, 2.45) is 0 Å². The summed E-state index contributed by atoms with van der Waals surface area (Å²) in [5.41, 5.74) is 0.572. The van der Waals surface area contributed by atoms with Crippen LogP contribution in [0.25, 0.3) is 0 Å². The number of benzene rings is 1. The fourth-order valence-corrected chi connectivity index (χ4v) is 1.73. The summed E-state index contributed by atoms with van der Waals surface area (Å²) in [6.07, 6.45) is 1.33. The first-order valence-electron chi connectivity index (χ1n) is 5.64. The van der Waals surface area contributed by atoms with Crippen LogP contribution in [0.5, 0.6) is 11.6 Å². The third-order valence-electron chi connectivity index (χ3n) is 2.61. The molecule has 20 heavy (non-hydrogen) atoms. The minimum absolute atomic E-state index is 0.107. The summed E-state index contributed by atoms with van der Waals surface area (Å²) in [6.45, 7) is 1.77. The fraction of sp³-hybridized carbons (Fsp3) is 0.167. The van der Waals surface area contributed by atoms with Crippen LogP contribution < -0.4 is 10.1 Å². The van der Waals surface area contributed by atoms with E-state index in [0.29, 0.717) is 11.4 Å². The molecule has 0 unspecified atom stereocenters. The Morgan fingerprint density at radius 1 is 1.40 bits per heavy atom. The highest BCUT2D eigenvalue weighted by molar-refractivity contribution is 6.32. The molecule has 0 atom stereocenters. The molecule has 1 aromatic carbocycles. The predicted molar refractivity (Wildman–Crippen MR) is 74.5 cm³/mol. The number of halogens is 1. The number of ether oxygens (including phenoxy) is 1. The van der Waals surface area contributed by atoms with Gasteiger partial charge in [-0.15, -0.1) is 0 Å². The zero-order valence-electron chi connectivity index (χ0n) is 10.8. The number of non-ortho nitro benzene ring substituents is 1. The highest BCUT2D eigenvalue weighted by Gasteiger charge is 2.14. The van der Waals surface area contributed by atoms with Crippen LogP contribution in [0.1, 0.15) is 5.56 Å². The number of nitrogens with zero attached hydrogens (tertiary/aromatic N) is 3. The average molecular weight is 295 g/mol. The minimum atomic E-state index is -0.519. The summed E-state index contributed by atoms with van der Waals surface area (Å²) in [7, 11) is 1.72. The molecule has 0 saturated heterocycles. The molecule has 0 spiro atoms. The van der Waals surface area contributed by atoms with Crippen LogP contribution in [0.15, 0.2) is 24.5 Å². The Morgan fingerprint density at radius 2 is 2.15 bits per heavy atom. The van der Waals surface area contributed by atoms with Crippen molar-refractivity contribution in [3.8, 4) is 11.6 Å². The van der Waals surface area contributed by atoms with Crippen LogP contribution in [0.4, 0.5) is 11.5 Å². The third-order valence-corrected chi connectivity index (χ3v) is 2.92. The fourth-order valence-electron chi connectivity index (χ4n) is 1.58. The highest BCUT2D eigenvalue weighted by atomic mass is 35.5. The molecule has 0 radical (unpaired) electrons. The molecular formula is C12H11ClN4O3. The first-order valence-corrected chi connectivity index (χ1v) is 6.02. The van der Waals surface area contributed by atoms with Crippen molar-refractivity contribution in [3.05, 3.63) is 45.2 Å². The highest BCUT2D eigenvalue weighted by Crippen LogP contribution is 2.33. The lowest BCUT2D eigenvalue weighted by Gasteiger charge is -2.10. The van der Waals surface area contributed by atoms with Gasteiger partial charge in [0.15, 0.2) is 5.75 Å².